The van der Waals surface area contributed by atoms with Crippen LogP contribution in [-0.4, -0.2) is 30.3 Å². The Labute approximate surface area is 93.0 Å². The summed E-state index contributed by atoms with van der Waals surface area (Å²) in [5.41, 5.74) is 0. The smallest absolute Gasteiger partial charge is 0.134 e. The van der Waals surface area contributed by atoms with Gasteiger partial charge in [0.1, 0.15) is 5.78 Å². The lowest BCUT2D eigenvalue weighted by atomic mass is 9.92. The van der Waals surface area contributed by atoms with Crippen molar-refractivity contribution in [2.45, 2.75) is 57.4 Å². The van der Waals surface area contributed by atoms with Crippen LogP contribution in [0.25, 0.3) is 0 Å². The van der Waals surface area contributed by atoms with E-state index in [1.165, 1.54) is 38.6 Å². The molecule has 2 heteroatoms. The molecule has 1 unspecified atom stereocenters. The summed E-state index contributed by atoms with van der Waals surface area (Å²) in [5.74, 6) is 1.39. The Morgan fingerprint density at radius 2 is 1.93 bits per heavy atom. The molecule has 0 radical (unpaired) electrons. The predicted octanol–water partition coefficient (Wildman–Crippen LogP) is 2.62. The third-order valence-corrected chi connectivity index (χ3v) is 4.10. The molecule has 0 aromatic rings. The number of rotatable bonds is 3. The molecule has 0 N–H and O–H groups in total. The molecule has 0 spiro atoms. The summed E-state index contributed by atoms with van der Waals surface area (Å²) < 4.78 is 0. The van der Waals surface area contributed by atoms with Gasteiger partial charge in [-0.25, -0.2) is 0 Å². The standard InChI is InChI=1S/C13H23NO/c1-14(10-11-5-2-3-6-11)12-7-4-8-13(15)9-12/h11-12H,2-10H2,1H3. The van der Waals surface area contributed by atoms with Crippen molar-refractivity contribution in [3.63, 3.8) is 0 Å². The molecule has 0 aromatic heterocycles. The highest BCUT2D eigenvalue weighted by Crippen LogP contribution is 2.27. The lowest BCUT2D eigenvalue weighted by Gasteiger charge is -2.32. The van der Waals surface area contributed by atoms with Crippen molar-refractivity contribution in [2.24, 2.45) is 5.92 Å². The zero-order valence-electron chi connectivity index (χ0n) is 9.87. The van der Waals surface area contributed by atoms with E-state index >= 15 is 0 Å². The molecule has 86 valence electrons. The van der Waals surface area contributed by atoms with Gasteiger partial charge in [-0.3, -0.25) is 4.79 Å². The Morgan fingerprint density at radius 3 is 2.60 bits per heavy atom. The summed E-state index contributed by atoms with van der Waals surface area (Å²) in [4.78, 5) is 13.8. The van der Waals surface area contributed by atoms with Crippen LogP contribution >= 0.6 is 0 Å². The summed E-state index contributed by atoms with van der Waals surface area (Å²) in [6.45, 7) is 1.22. The third-order valence-electron chi connectivity index (χ3n) is 4.10. The highest BCUT2D eigenvalue weighted by molar-refractivity contribution is 5.79. The average molecular weight is 209 g/mol. The van der Waals surface area contributed by atoms with E-state index in [4.69, 9.17) is 0 Å². The summed E-state index contributed by atoms with van der Waals surface area (Å²) in [6.07, 6.45) is 9.63. The van der Waals surface area contributed by atoms with Gasteiger partial charge in [0.05, 0.1) is 0 Å². The Kier molecular flexibility index (Phi) is 3.79. The van der Waals surface area contributed by atoms with Gasteiger partial charge in [-0.1, -0.05) is 12.8 Å². The van der Waals surface area contributed by atoms with Crippen molar-refractivity contribution in [3.8, 4) is 0 Å². The van der Waals surface area contributed by atoms with Crippen LogP contribution in [0.3, 0.4) is 0 Å². The molecular formula is C13H23NO. The van der Waals surface area contributed by atoms with Crippen molar-refractivity contribution < 1.29 is 4.79 Å². The highest BCUT2D eigenvalue weighted by atomic mass is 16.1. The molecule has 15 heavy (non-hydrogen) atoms. The van der Waals surface area contributed by atoms with E-state index < -0.39 is 0 Å². The van der Waals surface area contributed by atoms with Crippen LogP contribution in [0, 0.1) is 5.92 Å². The molecule has 0 saturated heterocycles. The number of Topliss-reactive ketones (excluding diaryl/α,β-unsaturated/α-hetero) is 1. The topological polar surface area (TPSA) is 20.3 Å². The van der Waals surface area contributed by atoms with Crippen molar-refractivity contribution in [3.05, 3.63) is 0 Å². The maximum Gasteiger partial charge on any atom is 0.134 e. The van der Waals surface area contributed by atoms with Crippen LogP contribution in [0.4, 0.5) is 0 Å². The first-order valence-electron chi connectivity index (χ1n) is 6.47. The Hall–Kier alpha value is -0.370. The molecule has 2 nitrogen and oxygen atoms in total. The zero-order chi connectivity index (χ0) is 10.7. The molecule has 2 rings (SSSR count). The summed E-state index contributed by atoms with van der Waals surface area (Å²) in [6, 6.07) is 0.548. The predicted molar refractivity (Wildman–Crippen MR) is 61.9 cm³/mol. The summed E-state index contributed by atoms with van der Waals surface area (Å²) in [5, 5.41) is 0. The first kappa shape index (κ1) is 11.1. The van der Waals surface area contributed by atoms with E-state index in [1.807, 2.05) is 0 Å². The second kappa shape index (κ2) is 5.11. The fourth-order valence-corrected chi connectivity index (χ4v) is 3.13. The van der Waals surface area contributed by atoms with E-state index in [2.05, 4.69) is 11.9 Å². The minimum Gasteiger partial charge on any atom is -0.303 e. The van der Waals surface area contributed by atoms with Crippen LogP contribution in [0.1, 0.15) is 51.4 Å². The first-order chi connectivity index (χ1) is 7.25. The van der Waals surface area contributed by atoms with Gasteiger partial charge in [0.25, 0.3) is 0 Å². The van der Waals surface area contributed by atoms with Gasteiger partial charge in [-0.05, 0) is 38.6 Å². The molecule has 2 aliphatic carbocycles. The number of hydrogen-bond donors (Lipinski definition) is 0. The van der Waals surface area contributed by atoms with E-state index in [0.717, 1.165) is 25.2 Å². The van der Waals surface area contributed by atoms with Gasteiger partial charge in [0.2, 0.25) is 0 Å². The van der Waals surface area contributed by atoms with Crippen LogP contribution in [0.2, 0.25) is 0 Å². The van der Waals surface area contributed by atoms with E-state index in [9.17, 15) is 4.79 Å². The second-order valence-electron chi connectivity index (χ2n) is 5.38. The highest BCUT2D eigenvalue weighted by Gasteiger charge is 2.25. The molecule has 0 aliphatic heterocycles. The van der Waals surface area contributed by atoms with Crippen molar-refractivity contribution in [2.75, 3.05) is 13.6 Å². The molecule has 1 atom stereocenters. The number of nitrogens with zero attached hydrogens (tertiary/aromatic N) is 1. The maximum atomic E-state index is 11.4. The van der Waals surface area contributed by atoms with Crippen molar-refractivity contribution in [1.29, 1.82) is 0 Å². The van der Waals surface area contributed by atoms with Crippen LogP contribution in [-0.2, 0) is 4.79 Å². The lowest BCUT2D eigenvalue weighted by Crippen LogP contribution is -2.38. The molecule has 0 amide bonds. The zero-order valence-corrected chi connectivity index (χ0v) is 9.87. The van der Waals surface area contributed by atoms with Gasteiger partial charge in [0, 0.05) is 25.4 Å². The second-order valence-corrected chi connectivity index (χ2v) is 5.38. The SMILES string of the molecule is CN(CC1CCCC1)C1CCCC(=O)C1. The summed E-state index contributed by atoms with van der Waals surface area (Å²) >= 11 is 0. The summed E-state index contributed by atoms with van der Waals surface area (Å²) in [7, 11) is 2.21. The third kappa shape index (κ3) is 3.04. The quantitative estimate of drug-likeness (QED) is 0.712. The van der Waals surface area contributed by atoms with Gasteiger partial charge < -0.3 is 4.90 Å². The van der Waals surface area contributed by atoms with Crippen LogP contribution in [0.15, 0.2) is 0 Å². The molecule has 2 aliphatic rings. The van der Waals surface area contributed by atoms with Gasteiger partial charge >= 0.3 is 0 Å². The number of carbonyl (C=O) groups is 1. The first-order valence-corrected chi connectivity index (χ1v) is 6.47. The number of carbonyl (C=O) groups excluding carboxylic acids is 1. The minimum atomic E-state index is 0.476. The van der Waals surface area contributed by atoms with E-state index in [-0.39, 0.29) is 0 Å². The van der Waals surface area contributed by atoms with Crippen molar-refractivity contribution >= 4 is 5.78 Å². The van der Waals surface area contributed by atoms with E-state index in [0.29, 0.717) is 11.8 Å². The van der Waals surface area contributed by atoms with Gasteiger partial charge in [0.15, 0.2) is 0 Å². The van der Waals surface area contributed by atoms with Crippen molar-refractivity contribution in [1.82, 2.24) is 4.90 Å². The Morgan fingerprint density at radius 1 is 1.20 bits per heavy atom. The minimum absolute atomic E-state index is 0.476. The normalized spacial score (nSPS) is 28.9. The number of ketones is 1. The fourth-order valence-electron chi connectivity index (χ4n) is 3.13. The Bertz CT molecular complexity index is 221. The maximum absolute atomic E-state index is 11.4. The molecule has 0 aromatic carbocycles. The van der Waals surface area contributed by atoms with Gasteiger partial charge in [-0.15, -0.1) is 0 Å². The molecule has 2 saturated carbocycles. The lowest BCUT2D eigenvalue weighted by molar-refractivity contribution is -0.121. The Balaban J connectivity index is 1.78. The van der Waals surface area contributed by atoms with Crippen LogP contribution < -0.4 is 0 Å². The fraction of sp³-hybridized carbons (Fsp3) is 0.923. The number of hydrogen-bond acceptors (Lipinski definition) is 2. The molecule has 0 bridgehead atoms. The van der Waals surface area contributed by atoms with Crippen LogP contribution in [0.5, 0.6) is 0 Å². The van der Waals surface area contributed by atoms with Gasteiger partial charge in [-0.2, -0.15) is 0 Å². The molecule has 0 heterocycles. The monoisotopic (exact) mass is 209 g/mol. The molecule has 2 fully saturated rings. The molecular weight excluding hydrogens is 186 g/mol. The largest absolute Gasteiger partial charge is 0.303 e. The average Bonchev–Trinajstić information content (AvgIpc) is 2.70. The van der Waals surface area contributed by atoms with E-state index in [1.54, 1.807) is 0 Å².